The van der Waals surface area contributed by atoms with Crippen LogP contribution < -0.4 is 0 Å². The number of nitro groups is 1. The minimum atomic E-state index is -1.13. The molecule has 2 aromatic rings. The van der Waals surface area contributed by atoms with Crippen LogP contribution in [0, 0.1) is 24.0 Å². The van der Waals surface area contributed by atoms with Gasteiger partial charge in [-0.25, -0.2) is 0 Å². The second-order valence-corrected chi connectivity index (χ2v) is 6.46. The number of aliphatic carboxylic acids is 1. The van der Waals surface area contributed by atoms with Crippen molar-refractivity contribution >= 4 is 29.2 Å². The average molecular weight is 395 g/mol. The minimum absolute atomic E-state index is 0.0278. The van der Waals surface area contributed by atoms with E-state index in [0.29, 0.717) is 10.7 Å². The van der Waals surface area contributed by atoms with Gasteiger partial charge >= 0.3 is 11.7 Å². The number of carbonyl (C=O) groups is 2. The van der Waals surface area contributed by atoms with Crippen LogP contribution in [0.4, 0.5) is 5.69 Å². The molecule has 0 aliphatic heterocycles. The van der Waals surface area contributed by atoms with E-state index < -0.39 is 17.4 Å². The number of amides is 1. The van der Waals surface area contributed by atoms with Gasteiger partial charge in [0.05, 0.1) is 11.5 Å². The molecule has 2 rings (SSSR count). The Balaban J connectivity index is 2.09. The summed E-state index contributed by atoms with van der Waals surface area (Å²) in [6.45, 7) is 2.89. The Morgan fingerprint density at radius 3 is 2.44 bits per heavy atom. The summed E-state index contributed by atoms with van der Waals surface area (Å²) in [6.07, 6.45) is -0.0278. The first-order valence-corrected chi connectivity index (χ1v) is 8.49. The minimum Gasteiger partial charge on any atom is -0.480 e. The molecule has 1 amide bonds. The number of hydrogen-bond acceptors (Lipinski definition) is 5. The summed E-state index contributed by atoms with van der Waals surface area (Å²) in [5.41, 5.74) is 1.29. The van der Waals surface area contributed by atoms with E-state index in [-0.39, 0.29) is 36.8 Å². The predicted molar refractivity (Wildman–Crippen MR) is 97.5 cm³/mol. The van der Waals surface area contributed by atoms with E-state index in [1.165, 1.54) is 16.5 Å². The summed E-state index contributed by atoms with van der Waals surface area (Å²) in [5.74, 6) is -1.51. The van der Waals surface area contributed by atoms with Crippen molar-refractivity contribution in [2.45, 2.75) is 33.4 Å². The highest BCUT2D eigenvalue weighted by atomic mass is 35.5. The second-order valence-electron chi connectivity index (χ2n) is 6.02. The number of rotatable bonds is 8. The van der Waals surface area contributed by atoms with Crippen LogP contribution in [0.1, 0.15) is 23.4 Å². The maximum Gasteiger partial charge on any atom is 0.323 e. The number of carboxylic acid groups (broad SMARTS) is 1. The first-order valence-electron chi connectivity index (χ1n) is 8.11. The SMILES string of the molecule is Cc1nn(CCC(=O)N(CC(=O)O)Cc2ccc(Cl)cc2)c(C)c1[N+](=O)[O-]. The number of hydrogen-bond donors (Lipinski definition) is 1. The highest BCUT2D eigenvalue weighted by Gasteiger charge is 2.23. The molecule has 0 aliphatic rings. The van der Waals surface area contributed by atoms with E-state index in [1.54, 1.807) is 31.2 Å². The van der Waals surface area contributed by atoms with E-state index in [2.05, 4.69) is 5.10 Å². The number of aromatic nitrogens is 2. The molecular weight excluding hydrogens is 376 g/mol. The summed E-state index contributed by atoms with van der Waals surface area (Å²) in [7, 11) is 0. The van der Waals surface area contributed by atoms with Crippen LogP contribution in [-0.4, -0.2) is 43.1 Å². The molecule has 144 valence electrons. The van der Waals surface area contributed by atoms with E-state index in [1.807, 2.05) is 0 Å². The molecule has 0 unspecified atom stereocenters. The highest BCUT2D eigenvalue weighted by molar-refractivity contribution is 6.30. The van der Waals surface area contributed by atoms with Crippen LogP contribution in [0.25, 0.3) is 0 Å². The number of carbonyl (C=O) groups excluding carboxylic acids is 1. The third-order valence-corrected chi connectivity index (χ3v) is 4.28. The van der Waals surface area contributed by atoms with Crippen molar-refractivity contribution in [1.82, 2.24) is 14.7 Å². The lowest BCUT2D eigenvalue weighted by Gasteiger charge is -2.21. The Bertz CT molecular complexity index is 863. The van der Waals surface area contributed by atoms with Crippen LogP contribution in [0.3, 0.4) is 0 Å². The third kappa shape index (κ3) is 5.27. The van der Waals surface area contributed by atoms with Gasteiger partial charge in [-0.05, 0) is 31.5 Å². The topological polar surface area (TPSA) is 119 Å². The number of nitrogens with zero attached hydrogens (tertiary/aromatic N) is 4. The Morgan fingerprint density at radius 1 is 1.30 bits per heavy atom. The third-order valence-electron chi connectivity index (χ3n) is 4.03. The summed E-state index contributed by atoms with van der Waals surface area (Å²) < 4.78 is 1.40. The number of benzene rings is 1. The van der Waals surface area contributed by atoms with Gasteiger partial charge in [-0.2, -0.15) is 5.10 Å². The lowest BCUT2D eigenvalue weighted by atomic mass is 10.2. The molecule has 0 aliphatic carbocycles. The first-order chi connectivity index (χ1) is 12.7. The zero-order valence-electron chi connectivity index (χ0n) is 14.9. The second kappa shape index (κ2) is 8.63. The Morgan fingerprint density at radius 2 is 1.93 bits per heavy atom. The summed E-state index contributed by atoms with van der Waals surface area (Å²) in [6, 6.07) is 6.76. The molecule has 1 N–H and O–H groups in total. The van der Waals surface area contributed by atoms with Crippen molar-refractivity contribution in [3.63, 3.8) is 0 Å². The number of halogens is 1. The van der Waals surface area contributed by atoms with E-state index in [9.17, 15) is 19.7 Å². The van der Waals surface area contributed by atoms with Crippen molar-refractivity contribution in [3.8, 4) is 0 Å². The van der Waals surface area contributed by atoms with Gasteiger partial charge in [0.2, 0.25) is 5.91 Å². The molecule has 0 spiro atoms. The van der Waals surface area contributed by atoms with Crippen molar-refractivity contribution < 1.29 is 19.6 Å². The zero-order chi connectivity index (χ0) is 20.1. The Labute approximate surface area is 160 Å². The summed E-state index contributed by atoms with van der Waals surface area (Å²) in [5, 5.41) is 24.8. The molecule has 1 aromatic heterocycles. The summed E-state index contributed by atoms with van der Waals surface area (Å²) in [4.78, 5) is 35.4. The fourth-order valence-corrected chi connectivity index (χ4v) is 2.86. The van der Waals surface area contributed by atoms with Crippen molar-refractivity contribution in [2.75, 3.05) is 6.54 Å². The maximum atomic E-state index is 12.5. The molecule has 1 heterocycles. The monoisotopic (exact) mass is 394 g/mol. The van der Waals surface area contributed by atoms with E-state index in [4.69, 9.17) is 16.7 Å². The van der Waals surface area contributed by atoms with E-state index >= 15 is 0 Å². The van der Waals surface area contributed by atoms with Gasteiger partial charge in [0.1, 0.15) is 17.9 Å². The molecule has 0 saturated carbocycles. The van der Waals surface area contributed by atoms with Crippen molar-refractivity contribution in [3.05, 3.63) is 56.4 Å². The number of carboxylic acids is 1. The smallest absolute Gasteiger partial charge is 0.323 e. The van der Waals surface area contributed by atoms with Gasteiger partial charge in [-0.1, -0.05) is 23.7 Å². The molecule has 0 radical (unpaired) electrons. The summed E-state index contributed by atoms with van der Waals surface area (Å²) >= 11 is 5.83. The standard InChI is InChI=1S/C17H19ClN4O5/c1-11-17(22(26)27)12(2)21(19-11)8-7-15(23)20(10-16(24)25)9-13-3-5-14(18)6-4-13/h3-6H,7-10H2,1-2H3,(H,24,25). The maximum absolute atomic E-state index is 12.5. The lowest BCUT2D eigenvalue weighted by molar-refractivity contribution is -0.386. The molecule has 1 aromatic carbocycles. The van der Waals surface area contributed by atoms with Crippen LogP contribution in [-0.2, 0) is 22.7 Å². The van der Waals surface area contributed by atoms with Crippen LogP contribution in [0.5, 0.6) is 0 Å². The normalized spacial score (nSPS) is 10.6. The predicted octanol–water partition coefficient (Wildman–Crippen LogP) is 2.57. The molecule has 0 atom stereocenters. The quantitative estimate of drug-likeness (QED) is 0.543. The van der Waals surface area contributed by atoms with Gasteiger partial charge in [-0.3, -0.25) is 24.4 Å². The molecule has 0 saturated heterocycles. The first kappa shape index (κ1) is 20.4. The zero-order valence-corrected chi connectivity index (χ0v) is 15.6. The van der Waals surface area contributed by atoms with Crippen molar-refractivity contribution in [2.24, 2.45) is 0 Å². The Hall–Kier alpha value is -2.94. The molecular formula is C17H19ClN4O5. The number of aryl methyl sites for hydroxylation is 2. The Kier molecular flexibility index (Phi) is 6.51. The van der Waals surface area contributed by atoms with Crippen LogP contribution >= 0.6 is 11.6 Å². The average Bonchev–Trinajstić information content (AvgIpc) is 2.87. The molecule has 10 heteroatoms. The van der Waals surface area contributed by atoms with Crippen molar-refractivity contribution in [1.29, 1.82) is 0 Å². The fourth-order valence-electron chi connectivity index (χ4n) is 2.73. The van der Waals surface area contributed by atoms with Gasteiger partial charge in [0, 0.05) is 18.0 Å². The van der Waals surface area contributed by atoms with Crippen LogP contribution in [0.2, 0.25) is 5.02 Å². The lowest BCUT2D eigenvalue weighted by Crippen LogP contribution is -2.35. The van der Waals surface area contributed by atoms with Crippen LogP contribution in [0.15, 0.2) is 24.3 Å². The van der Waals surface area contributed by atoms with Gasteiger partial charge < -0.3 is 10.0 Å². The molecule has 0 fully saturated rings. The molecule has 27 heavy (non-hydrogen) atoms. The fraction of sp³-hybridized carbons (Fsp3) is 0.353. The molecule has 9 nitrogen and oxygen atoms in total. The van der Waals surface area contributed by atoms with E-state index in [0.717, 1.165) is 5.56 Å². The largest absolute Gasteiger partial charge is 0.480 e. The molecule has 0 bridgehead atoms. The van der Waals surface area contributed by atoms with Gasteiger partial charge in [-0.15, -0.1) is 0 Å². The van der Waals surface area contributed by atoms with Gasteiger partial charge in [0.15, 0.2) is 0 Å². The van der Waals surface area contributed by atoms with Gasteiger partial charge in [0.25, 0.3) is 0 Å². The highest BCUT2D eigenvalue weighted by Crippen LogP contribution is 2.22.